The molecule has 2 atom stereocenters. The van der Waals surface area contributed by atoms with E-state index in [0.717, 1.165) is 18.8 Å². The molecule has 0 bridgehead atoms. The molecule has 0 aliphatic carbocycles. The van der Waals surface area contributed by atoms with E-state index in [1.54, 1.807) is 12.1 Å². The Morgan fingerprint density at radius 2 is 1.95 bits per heavy atom. The first-order valence-corrected chi connectivity index (χ1v) is 6.68. The van der Waals surface area contributed by atoms with E-state index >= 15 is 0 Å². The average Bonchev–Trinajstić information content (AvgIpc) is 2.43. The molecule has 0 amide bonds. The zero-order valence-electron chi connectivity index (χ0n) is 12.0. The van der Waals surface area contributed by atoms with E-state index in [1.807, 2.05) is 0 Å². The fourth-order valence-electron chi connectivity index (χ4n) is 2.64. The van der Waals surface area contributed by atoms with Gasteiger partial charge in [0.15, 0.2) is 0 Å². The summed E-state index contributed by atoms with van der Waals surface area (Å²) in [6.07, 6.45) is 0. The van der Waals surface area contributed by atoms with Gasteiger partial charge in [-0.05, 0) is 39.1 Å². The fraction of sp³-hybridized carbons (Fsp3) is 0.467. The molecule has 0 spiro atoms. The smallest absolute Gasteiger partial charge is 0.335 e. The van der Waals surface area contributed by atoms with E-state index in [4.69, 9.17) is 5.11 Å². The Labute approximate surface area is 119 Å². The molecule has 20 heavy (non-hydrogen) atoms. The minimum atomic E-state index is -1.01. The van der Waals surface area contributed by atoms with E-state index in [1.165, 1.54) is 6.07 Å². The van der Waals surface area contributed by atoms with E-state index in [0.29, 0.717) is 17.6 Å². The van der Waals surface area contributed by atoms with Crippen molar-refractivity contribution in [2.24, 2.45) is 0 Å². The largest absolute Gasteiger partial charge is 0.478 e. The molecule has 1 N–H and O–H groups in total. The Balaban J connectivity index is 2.34. The van der Waals surface area contributed by atoms with Gasteiger partial charge in [-0.1, -0.05) is 0 Å². The van der Waals surface area contributed by atoms with Crippen molar-refractivity contribution < 1.29 is 9.90 Å². The summed E-state index contributed by atoms with van der Waals surface area (Å²) in [6.45, 7) is 5.98. The second-order valence-electron chi connectivity index (χ2n) is 5.42. The van der Waals surface area contributed by atoms with Gasteiger partial charge in [0, 0.05) is 25.2 Å². The molecule has 5 heteroatoms. The zero-order valence-corrected chi connectivity index (χ0v) is 12.0. The molecule has 106 valence electrons. The number of aromatic carboxylic acids is 1. The summed E-state index contributed by atoms with van der Waals surface area (Å²) in [6, 6.07) is 7.65. The van der Waals surface area contributed by atoms with Crippen LogP contribution in [0.4, 0.5) is 5.69 Å². The number of rotatable bonds is 2. The maximum absolute atomic E-state index is 11.0. The molecule has 1 aromatic rings. The molecule has 0 radical (unpaired) electrons. The predicted octanol–water partition coefficient (Wildman–Crippen LogP) is 1.79. The third kappa shape index (κ3) is 2.61. The van der Waals surface area contributed by atoms with E-state index in [-0.39, 0.29) is 5.56 Å². The number of nitrogens with zero attached hydrogens (tertiary/aromatic N) is 3. The number of nitriles is 1. The molecule has 1 heterocycles. The van der Waals surface area contributed by atoms with Gasteiger partial charge in [0.1, 0.15) is 6.07 Å². The number of benzene rings is 1. The molecule has 1 aliphatic rings. The molecular formula is C15H19N3O2. The van der Waals surface area contributed by atoms with Crippen LogP contribution in [0.15, 0.2) is 18.2 Å². The highest BCUT2D eigenvalue weighted by atomic mass is 16.4. The van der Waals surface area contributed by atoms with Crippen LogP contribution in [-0.4, -0.2) is 48.2 Å². The highest BCUT2D eigenvalue weighted by molar-refractivity contribution is 5.89. The summed E-state index contributed by atoms with van der Waals surface area (Å²) >= 11 is 0. The van der Waals surface area contributed by atoms with Crippen LogP contribution in [0.5, 0.6) is 0 Å². The molecule has 1 fully saturated rings. The summed E-state index contributed by atoms with van der Waals surface area (Å²) < 4.78 is 0. The number of likely N-dealkylation sites (N-methyl/N-ethyl adjacent to an activating group) is 1. The van der Waals surface area contributed by atoms with Crippen LogP contribution in [0.2, 0.25) is 0 Å². The zero-order chi connectivity index (χ0) is 14.9. The van der Waals surface area contributed by atoms with Crippen molar-refractivity contribution in [1.29, 1.82) is 5.26 Å². The molecule has 2 rings (SSSR count). The summed E-state index contributed by atoms with van der Waals surface area (Å²) in [5.74, 6) is -1.01. The lowest BCUT2D eigenvalue weighted by molar-refractivity contribution is 0.0697. The Bertz CT molecular complexity index is 553. The van der Waals surface area contributed by atoms with E-state index < -0.39 is 5.97 Å². The van der Waals surface area contributed by atoms with Crippen molar-refractivity contribution in [1.82, 2.24) is 4.90 Å². The molecule has 1 aliphatic heterocycles. The number of piperazine rings is 1. The van der Waals surface area contributed by atoms with Crippen LogP contribution in [0.3, 0.4) is 0 Å². The molecule has 0 saturated carbocycles. The van der Waals surface area contributed by atoms with Gasteiger partial charge in [-0.2, -0.15) is 5.26 Å². The highest BCUT2D eigenvalue weighted by Crippen LogP contribution is 2.25. The van der Waals surface area contributed by atoms with E-state index in [2.05, 4.69) is 36.8 Å². The fourth-order valence-corrected chi connectivity index (χ4v) is 2.64. The standard InChI is InChI=1S/C15H19N3O2/c1-10-8-18(9-11(2)17(10)3)14-5-4-12(15(19)20)6-13(14)7-16/h4-6,10-11H,8-9H2,1-3H3,(H,19,20). The molecule has 5 nitrogen and oxygen atoms in total. The quantitative estimate of drug-likeness (QED) is 0.889. The summed E-state index contributed by atoms with van der Waals surface area (Å²) in [5, 5.41) is 18.3. The SMILES string of the molecule is CC1CN(c2ccc(C(=O)O)cc2C#N)CC(C)N1C. The monoisotopic (exact) mass is 273 g/mol. The van der Waals surface area contributed by atoms with Gasteiger partial charge in [-0.25, -0.2) is 4.79 Å². The molecule has 0 aromatic heterocycles. The van der Waals surface area contributed by atoms with Gasteiger partial charge in [-0.3, -0.25) is 4.90 Å². The first kappa shape index (κ1) is 14.4. The van der Waals surface area contributed by atoms with Crippen molar-refractivity contribution in [2.75, 3.05) is 25.0 Å². The second-order valence-corrected chi connectivity index (χ2v) is 5.42. The van der Waals surface area contributed by atoms with Crippen molar-refractivity contribution in [2.45, 2.75) is 25.9 Å². The Morgan fingerprint density at radius 3 is 2.45 bits per heavy atom. The maximum Gasteiger partial charge on any atom is 0.335 e. The van der Waals surface area contributed by atoms with Crippen molar-refractivity contribution in [3.05, 3.63) is 29.3 Å². The van der Waals surface area contributed by atoms with E-state index in [9.17, 15) is 10.1 Å². The maximum atomic E-state index is 11.0. The Kier molecular flexibility index (Phi) is 3.96. The average molecular weight is 273 g/mol. The first-order valence-electron chi connectivity index (χ1n) is 6.68. The Morgan fingerprint density at radius 1 is 1.35 bits per heavy atom. The predicted molar refractivity (Wildman–Crippen MR) is 77.0 cm³/mol. The molecule has 1 aromatic carbocycles. The van der Waals surface area contributed by atoms with Gasteiger partial charge in [-0.15, -0.1) is 0 Å². The lowest BCUT2D eigenvalue weighted by Gasteiger charge is -2.43. The number of carboxylic acids is 1. The third-order valence-corrected chi connectivity index (χ3v) is 4.06. The lowest BCUT2D eigenvalue weighted by atomic mass is 10.0. The van der Waals surface area contributed by atoms with Gasteiger partial charge in [0.25, 0.3) is 0 Å². The van der Waals surface area contributed by atoms with Crippen LogP contribution in [-0.2, 0) is 0 Å². The van der Waals surface area contributed by atoms with Crippen molar-refractivity contribution in [3.63, 3.8) is 0 Å². The van der Waals surface area contributed by atoms with Crippen LogP contribution in [0.1, 0.15) is 29.8 Å². The van der Waals surface area contributed by atoms with Gasteiger partial charge in [0.2, 0.25) is 0 Å². The van der Waals surface area contributed by atoms with Crippen LogP contribution >= 0.6 is 0 Å². The van der Waals surface area contributed by atoms with Gasteiger partial charge < -0.3 is 10.0 Å². The van der Waals surface area contributed by atoms with Crippen LogP contribution in [0.25, 0.3) is 0 Å². The number of carbonyl (C=O) groups is 1. The number of carboxylic acid groups (broad SMARTS) is 1. The van der Waals surface area contributed by atoms with Gasteiger partial charge >= 0.3 is 5.97 Å². The number of hydrogen-bond acceptors (Lipinski definition) is 4. The first-order chi connectivity index (χ1) is 9.43. The normalized spacial score (nSPS) is 23.4. The summed E-state index contributed by atoms with van der Waals surface area (Å²) in [5.41, 5.74) is 1.40. The molecule has 1 saturated heterocycles. The minimum Gasteiger partial charge on any atom is -0.478 e. The highest BCUT2D eigenvalue weighted by Gasteiger charge is 2.27. The third-order valence-electron chi connectivity index (χ3n) is 4.06. The minimum absolute atomic E-state index is 0.153. The number of anilines is 1. The summed E-state index contributed by atoms with van der Waals surface area (Å²) in [4.78, 5) is 15.5. The van der Waals surface area contributed by atoms with Crippen molar-refractivity contribution in [3.8, 4) is 6.07 Å². The Hall–Kier alpha value is -2.06. The lowest BCUT2D eigenvalue weighted by Crippen LogP contribution is -2.55. The topological polar surface area (TPSA) is 67.6 Å². The summed E-state index contributed by atoms with van der Waals surface area (Å²) in [7, 11) is 2.10. The number of hydrogen-bond donors (Lipinski definition) is 1. The van der Waals surface area contributed by atoms with Crippen LogP contribution < -0.4 is 4.90 Å². The molecule has 2 unspecified atom stereocenters. The van der Waals surface area contributed by atoms with Gasteiger partial charge in [0.05, 0.1) is 16.8 Å². The molecular weight excluding hydrogens is 254 g/mol. The second kappa shape index (κ2) is 5.51. The van der Waals surface area contributed by atoms with Crippen molar-refractivity contribution >= 4 is 11.7 Å². The van der Waals surface area contributed by atoms with Crippen LogP contribution in [0, 0.1) is 11.3 Å².